The minimum Gasteiger partial charge on any atom is -0.378 e. The van der Waals surface area contributed by atoms with Crippen molar-refractivity contribution < 1.29 is 23.5 Å². The van der Waals surface area contributed by atoms with Crippen LogP contribution in [0.3, 0.4) is 0 Å². The van der Waals surface area contributed by atoms with Crippen LogP contribution in [0, 0.1) is 0 Å². The van der Waals surface area contributed by atoms with E-state index in [4.69, 9.17) is 10.5 Å². The number of primary amides is 1. The van der Waals surface area contributed by atoms with Gasteiger partial charge in [-0.3, -0.25) is 19.4 Å². The van der Waals surface area contributed by atoms with Gasteiger partial charge >= 0.3 is 0 Å². The second-order valence-corrected chi connectivity index (χ2v) is 11.5. The van der Waals surface area contributed by atoms with Crippen LogP contribution in [0.4, 0.5) is 21.6 Å². The Hall–Kier alpha value is -4.07. The Morgan fingerprint density at radius 3 is 2.53 bits per heavy atom. The van der Waals surface area contributed by atoms with E-state index < -0.39 is 35.5 Å². The van der Waals surface area contributed by atoms with Crippen molar-refractivity contribution in [3.8, 4) is 0 Å². The molecule has 13 heteroatoms. The van der Waals surface area contributed by atoms with E-state index >= 15 is 0 Å². The molecule has 11 nitrogen and oxygen atoms in total. The molecule has 224 valence electrons. The standard InChI is InChI=1S/C30H31BrFN7O4/c31-25-6-3-7-26(34-25)35-28(41)24-16-20(32)17-38(24)27(40)18-39-23-5-2-1-4-22(23)30(36-39,29(33)42)19-8-10-21(11-9-19)37-12-14-43-15-13-37/h1-11,20,24,36H,12-18H2,(H2,33,42)(H,34,35,41)/t20-,24+,30?/m1/s1. The summed E-state index contributed by atoms with van der Waals surface area (Å²) in [6.07, 6.45) is -1.49. The number of hydrogen-bond donors (Lipinski definition) is 3. The highest BCUT2D eigenvalue weighted by atomic mass is 79.9. The van der Waals surface area contributed by atoms with Gasteiger partial charge in [0.2, 0.25) is 17.7 Å². The van der Waals surface area contributed by atoms with Gasteiger partial charge in [-0.1, -0.05) is 36.4 Å². The number of pyridine rings is 1. The molecule has 1 aromatic heterocycles. The summed E-state index contributed by atoms with van der Waals surface area (Å²) in [5, 5.41) is 4.23. The summed E-state index contributed by atoms with van der Waals surface area (Å²) < 4.78 is 20.6. The summed E-state index contributed by atoms with van der Waals surface area (Å²) in [6.45, 7) is 2.35. The molecule has 0 saturated carbocycles. The first-order valence-corrected chi connectivity index (χ1v) is 14.8. The molecule has 2 saturated heterocycles. The number of halogens is 2. The normalized spacial score (nSPS) is 23.3. The highest BCUT2D eigenvalue weighted by Gasteiger charge is 2.50. The Balaban J connectivity index is 1.24. The number of anilines is 3. The topological polar surface area (TPSA) is 133 Å². The summed E-state index contributed by atoms with van der Waals surface area (Å²) in [4.78, 5) is 47.7. The molecule has 43 heavy (non-hydrogen) atoms. The van der Waals surface area contributed by atoms with E-state index in [1.807, 2.05) is 24.3 Å². The number of alkyl halides is 1. The Kier molecular flexibility index (Phi) is 8.03. The number of nitrogens with one attached hydrogen (secondary N) is 2. The quantitative estimate of drug-likeness (QED) is 0.332. The van der Waals surface area contributed by atoms with E-state index in [1.54, 1.807) is 47.5 Å². The van der Waals surface area contributed by atoms with Crippen molar-refractivity contribution in [2.24, 2.45) is 5.73 Å². The molecule has 3 aromatic rings. The predicted molar refractivity (Wildman–Crippen MR) is 162 cm³/mol. The number of likely N-dealkylation sites (tertiary alicyclic amines) is 1. The molecule has 0 bridgehead atoms. The molecular weight excluding hydrogens is 621 g/mol. The number of carbonyl (C=O) groups excluding carboxylic acids is 3. The van der Waals surface area contributed by atoms with Crippen LogP contribution >= 0.6 is 15.9 Å². The maximum Gasteiger partial charge on any atom is 0.248 e. The summed E-state index contributed by atoms with van der Waals surface area (Å²) in [5.41, 5.74) is 10.6. The highest BCUT2D eigenvalue weighted by molar-refractivity contribution is 9.10. The molecule has 0 aliphatic carbocycles. The van der Waals surface area contributed by atoms with Crippen LogP contribution in [0.1, 0.15) is 17.5 Å². The molecule has 0 spiro atoms. The van der Waals surface area contributed by atoms with Crippen LogP contribution in [-0.4, -0.2) is 79.2 Å². The smallest absolute Gasteiger partial charge is 0.248 e. The van der Waals surface area contributed by atoms with Crippen LogP contribution in [0.5, 0.6) is 0 Å². The van der Waals surface area contributed by atoms with Crippen LogP contribution in [-0.2, 0) is 24.7 Å². The van der Waals surface area contributed by atoms with Gasteiger partial charge in [0.1, 0.15) is 29.2 Å². The lowest BCUT2D eigenvalue weighted by Gasteiger charge is -2.32. The number of carbonyl (C=O) groups is 3. The fraction of sp³-hybridized carbons (Fsp3) is 0.333. The average Bonchev–Trinajstić information content (AvgIpc) is 3.57. The van der Waals surface area contributed by atoms with Crippen LogP contribution in [0.15, 0.2) is 71.3 Å². The Bertz CT molecular complexity index is 1540. The van der Waals surface area contributed by atoms with Crippen LogP contribution < -0.4 is 26.4 Å². The second kappa shape index (κ2) is 11.9. The lowest BCUT2D eigenvalue weighted by atomic mass is 9.83. The van der Waals surface area contributed by atoms with E-state index in [1.165, 1.54) is 4.90 Å². The molecule has 3 aliphatic rings. The Morgan fingerprint density at radius 2 is 1.81 bits per heavy atom. The van der Waals surface area contributed by atoms with Gasteiger partial charge in [-0.15, -0.1) is 0 Å². The third kappa shape index (κ3) is 5.55. The Labute approximate surface area is 256 Å². The number of nitrogens with two attached hydrogens (primary N) is 1. The number of morpholine rings is 1. The summed E-state index contributed by atoms with van der Waals surface area (Å²) in [6, 6.07) is 18.8. The van der Waals surface area contributed by atoms with Gasteiger partial charge in [0.15, 0.2) is 5.54 Å². The first-order valence-electron chi connectivity index (χ1n) is 14.0. The molecule has 2 aromatic carbocycles. The van der Waals surface area contributed by atoms with Crippen molar-refractivity contribution in [2.75, 3.05) is 54.6 Å². The third-order valence-electron chi connectivity index (χ3n) is 8.08. The summed E-state index contributed by atoms with van der Waals surface area (Å²) in [7, 11) is 0. The van der Waals surface area contributed by atoms with Crippen molar-refractivity contribution in [3.05, 3.63) is 82.5 Å². The van der Waals surface area contributed by atoms with Gasteiger partial charge in [-0.05, 0) is 51.8 Å². The molecular formula is C30H31BrFN7O4. The number of fused-ring (bicyclic) bond motifs is 1. The molecule has 6 rings (SSSR count). The van der Waals surface area contributed by atoms with Gasteiger partial charge < -0.3 is 25.6 Å². The zero-order valence-electron chi connectivity index (χ0n) is 23.2. The van der Waals surface area contributed by atoms with Crippen molar-refractivity contribution >= 4 is 50.8 Å². The van der Waals surface area contributed by atoms with E-state index in [0.29, 0.717) is 34.6 Å². The first kappa shape index (κ1) is 29.0. The zero-order valence-corrected chi connectivity index (χ0v) is 24.8. The second-order valence-electron chi connectivity index (χ2n) is 10.7. The van der Waals surface area contributed by atoms with Crippen LogP contribution in [0.2, 0.25) is 0 Å². The average molecular weight is 653 g/mol. The fourth-order valence-corrected chi connectivity index (χ4v) is 6.33. The predicted octanol–water partition coefficient (Wildman–Crippen LogP) is 2.31. The van der Waals surface area contributed by atoms with Crippen molar-refractivity contribution in [2.45, 2.75) is 24.2 Å². The lowest BCUT2D eigenvalue weighted by molar-refractivity contribution is -0.135. The van der Waals surface area contributed by atoms with E-state index in [9.17, 15) is 18.8 Å². The molecule has 3 aliphatic heterocycles. The molecule has 1 unspecified atom stereocenters. The third-order valence-corrected chi connectivity index (χ3v) is 8.52. The molecule has 0 radical (unpaired) electrons. The minimum atomic E-state index is -1.45. The molecule has 3 amide bonds. The summed E-state index contributed by atoms with van der Waals surface area (Å²) in [5.74, 6) is -1.36. The van der Waals surface area contributed by atoms with Crippen molar-refractivity contribution in [1.29, 1.82) is 0 Å². The van der Waals surface area contributed by atoms with E-state index in [0.717, 1.165) is 18.8 Å². The van der Waals surface area contributed by atoms with Gasteiger partial charge in [-0.2, -0.15) is 0 Å². The number of rotatable bonds is 7. The number of para-hydroxylation sites is 1. The number of ether oxygens (including phenoxy) is 1. The molecule has 2 fully saturated rings. The lowest BCUT2D eigenvalue weighted by Crippen LogP contribution is -2.57. The van der Waals surface area contributed by atoms with Gasteiger partial charge in [-0.25, -0.2) is 14.8 Å². The Morgan fingerprint density at radius 1 is 1.07 bits per heavy atom. The highest BCUT2D eigenvalue weighted by Crippen LogP contribution is 2.42. The van der Waals surface area contributed by atoms with Gasteiger partial charge in [0.25, 0.3) is 0 Å². The largest absolute Gasteiger partial charge is 0.378 e. The maximum atomic E-state index is 14.6. The first-order chi connectivity index (χ1) is 20.8. The number of nitrogens with zero attached hydrogens (tertiary/aromatic N) is 4. The SMILES string of the molecule is NC(=O)C1(c2ccc(N3CCOCC3)cc2)NN(CC(=O)N2C[C@H](F)C[C@H]2C(=O)Nc2cccc(Br)n2)c2ccccc21. The van der Waals surface area contributed by atoms with Crippen molar-refractivity contribution in [3.63, 3.8) is 0 Å². The van der Waals surface area contributed by atoms with E-state index in [2.05, 4.69) is 36.6 Å². The number of hydrazine groups is 1. The fourth-order valence-electron chi connectivity index (χ4n) is 5.99. The van der Waals surface area contributed by atoms with E-state index in [-0.39, 0.29) is 25.3 Å². The number of aromatic nitrogens is 1. The molecule has 4 N–H and O–H groups in total. The van der Waals surface area contributed by atoms with Crippen molar-refractivity contribution in [1.82, 2.24) is 15.3 Å². The van der Waals surface area contributed by atoms with Gasteiger partial charge in [0, 0.05) is 30.8 Å². The summed E-state index contributed by atoms with van der Waals surface area (Å²) >= 11 is 3.26. The van der Waals surface area contributed by atoms with Gasteiger partial charge in [0.05, 0.1) is 25.4 Å². The molecule has 3 atom stereocenters. The minimum absolute atomic E-state index is 0.129. The monoisotopic (exact) mass is 651 g/mol. The molecule has 4 heterocycles. The van der Waals surface area contributed by atoms with Crippen LogP contribution in [0.25, 0.3) is 0 Å². The number of amides is 3. The zero-order chi connectivity index (χ0) is 30.1. The maximum absolute atomic E-state index is 14.6. The number of benzene rings is 2. The number of hydrogen-bond acceptors (Lipinski definition) is 8.